The first-order chi connectivity index (χ1) is 7.72. The van der Waals surface area contributed by atoms with Crippen molar-refractivity contribution in [1.29, 1.82) is 0 Å². The Morgan fingerprint density at radius 2 is 2.00 bits per heavy atom. The fourth-order valence-electron chi connectivity index (χ4n) is 1.62. The van der Waals surface area contributed by atoms with E-state index >= 15 is 0 Å². The molecule has 0 unspecified atom stereocenters. The molecule has 2 aromatic carbocycles. The van der Waals surface area contributed by atoms with Crippen LogP contribution in [0, 0.1) is 0 Å². The van der Waals surface area contributed by atoms with Crippen molar-refractivity contribution in [3.8, 4) is 11.5 Å². The molecular weight excluding hydrogens is 224 g/mol. The predicted octanol–water partition coefficient (Wildman–Crippen LogP) is 3.99. The summed E-state index contributed by atoms with van der Waals surface area (Å²) in [4.78, 5) is 0. The number of halogens is 1. The molecule has 0 radical (unpaired) electrons. The lowest BCUT2D eigenvalue weighted by Crippen LogP contribution is -1.95. The van der Waals surface area contributed by atoms with Gasteiger partial charge in [0.05, 0.1) is 6.61 Å². The molecule has 0 aliphatic carbocycles. The Bertz CT molecular complexity index is 509. The van der Waals surface area contributed by atoms with Gasteiger partial charge >= 0.3 is 0 Å². The largest absolute Gasteiger partial charge is 0.507 e. The van der Waals surface area contributed by atoms with Gasteiger partial charge < -0.3 is 9.84 Å². The second-order valence-electron chi connectivity index (χ2n) is 3.62. The van der Waals surface area contributed by atoms with E-state index in [-0.39, 0.29) is 5.75 Å². The van der Waals surface area contributed by atoms with Crippen LogP contribution in [0.2, 0.25) is 5.02 Å². The van der Waals surface area contributed by atoms with Crippen LogP contribution < -0.4 is 4.74 Å². The molecule has 1 N–H and O–H groups in total. The maximum absolute atomic E-state index is 9.71. The van der Waals surface area contributed by atoms with Gasteiger partial charge in [0.15, 0.2) is 0 Å². The number of hydrogen-bond acceptors (Lipinski definition) is 2. The highest BCUT2D eigenvalue weighted by Gasteiger charge is 2.06. The highest BCUT2D eigenvalue weighted by molar-refractivity contribution is 6.31. The Morgan fingerprint density at radius 3 is 2.75 bits per heavy atom. The number of phenolic OH excluding ortho intramolecular Hbond substituents is 1. The van der Waals surface area contributed by atoms with Crippen LogP contribution in [0.15, 0.2) is 30.3 Å². The summed E-state index contributed by atoms with van der Waals surface area (Å²) in [7, 11) is 0. The van der Waals surface area contributed by atoms with Gasteiger partial charge in [-0.1, -0.05) is 18.5 Å². The van der Waals surface area contributed by atoms with Crippen LogP contribution in [-0.2, 0) is 0 Å². The van der Waals surface area contributed by atoms with E-state index in [0.717, 1.165) is 22.9 Å². The molecule has 0 spiro atoms. The molecule has 2 aromatic rings. The summed E-state index contributed by atoms with van der Waals surface area (Å²) in [5.41, 5.74) is 0. The predicted molar refractivity (Wildman–Crippen MR) is 66.4 cm³/mol. The van der Waals surface area contributed by atoms with Crippen molar-refractivity contribution in [2.75, 3.05) is 6.61 Å². The molecule has 0 aliphatic heterocycles. The Labute approximate surface area is 99.4 Å². The maximum Gasteiger partial charge on any atom is 0.127 e. The van der Waals surface area contributed by atoms with Gasteiger partial charge in [-0.05, 0) is 36.8 Å². The second-order valence-corrected chi connectivity index (χ2v) is 4.06. The first-order valence-corrected chi connectivity index (χ1v) is 5.64. The van der Waals surface area contributed by atoms with Crippen molar-refractivity contribution in [1.82, 2.24) is 0 Å². The molecule has 0 amide bonds. The third kappa shape index (κ3) is 2.07. The molecule has 0 saturated carbocycles. The van der Waals surface area contributed by atoms with E-state index in [1.54, 1.807) is 24.3 Å². The van der Waals surface area contributed by atoms with Crippen molar-refractivity contribution < 1.29 is 9.84 Å². The topological polar surface area (TPSA) is 29.5 Å². The monoisotopic (exact) mass is 236 g/mol. The third-order valence-electron chi connectivity index (χ3n) is 2.38. The minimum absolute atomic E-state index is 0.246. The van der Waals surface area contributed by atoms with E-state index in [9.17, 15) is 5.11 Å². The van der Waals surface area contributed by atoms with Crippen LogP contribution in [-0.4, -0.2) is 11.7 Å². The Morgan fingerprint density at radius 1 is 1.19 bits per heavy atom. The second kappa shape index (κ2) is 4.62. The smallest absolute Gasteiger partial charge is 0.127 e. The number of ether oxygens (including phenoxy) is 1. The average Bonchev–Trinajstić information content (AvgIpc) is 2.28. The first-order valence-electron chi connectivity index (χ1n) is 5.26. The van der Waals surface area contributed by atoms with Gasteiger partial charge in [-0.15, -0.1) is 0 Å². The summed E-state index contributed by atoms with van der Waals surface area (Å²) in [6.45, 7) is 2.71. The van der Waals surface area contributed by atoms with Gasteiger partial charge in [0.25, 0.3) is 0 Å². The first kappa shape index (κ1) is 11.1. The molecule has 0 aliphatic rings. The highest BCUT2D eigenvalue weighted by Crippen LogP contribution is 2.34. The zero-order valence-corrected chi connectivity index (χ0v) is 9.79. The molecule has 84 valence electrons. The molecule has 0 aromatic heterocycles. The molecule has 0 heterocycles. The summed E-state index contributed by atoms with van der Waals surface area (Å²) in [5, 5.41) is 12.0. The minimum Gasteiger partial charge on any atom is -0.507 e. The lowest BCUT2D eigenvalue weighted by molar-refractivity contribution is 0.321. The van der Waals surface area contributed by atoms with E-state index in [1.807, 2.05) is 6.07 Å². The molecule has 3 heteroatoms. The molecule has 0 saturated heterocycles. The Kier molecular flexibility index (Phi) is 3.20. The van der Waals surface area contributed by atoms with Crippen LogP contribution >= 0.6 is 11.6 Å². The van der Waals surface area contributed by atoms with Crippen molar-refractivity contribution in [3.63, 3.8) is 0 Å². The van der Waals surface area contributed by atoms with Crippen LogP contribution in [0.5, 0.6) is 11.5 Å². The summed E-state index contributed by atoms with van der Waals surface area (Å²) >= 11 is 5.94. The molecule has 2 nitrogen and oxygen atoms in total. The normalized spacial score (nSPS) is 10.6. The molecule has 0 bridgehead atoms. The quantitative estimate of drug-likeness (QED) is 0.873. The van der Waals surface area contributed by atoms with Crippen LogP contribution in [0.4, 0.5) is 0 Å². The fourth-order valence-corrected chi connectivity index (χ4v) is 1.79. The third-order valence-corrected chi connectivity index (χ3v) is 2.61. The lowest BCUT2D eigenvalue weighted by Gasteiger charge is -2.09. The van der Waals surface area contributed by atoms with E-state index in [2.05, 4.69) is 6.92 Å². The SMILES string of the molecule is CCCOc1ccc(O)c2ccc(Cl)cc12. The van der Waals surface area contributed by atoms with E-state index < -0.39 is 0 Å². The number of fused-ring (bicyclic) bond motifs is 1. The zero-order valence-electron chi connectivity index (χ0n) is 9.03. The van der Waals surface area contributed by atoms with Gasteiger partial charge in [-0.3, -0.25) is 0 Å². The number of aromatic hydroxyl groups is 1. The van der Waals surface area contributed by atoms with Crippen LogP contribution in [0.25, 0.3) is 10.8 Å². The summed E-state index contributed by atoms with van der Waals surface area (Å²) in [6.07, 6.45) is 0.947. The summed E-state index contributed by atoms with van der Waals surface area (Å²) < 4.78 is 5.61. The minimum atomic E-state index is 0.246. The molecule has 0 fully saturated rings. The summed E-state index contributed by atoms with van der Waals surface area (Å²) in [6, 6.07) is 8.77. The van der Waals surface area contributed by atoms with E-state index in [0.29, 0.717) is 11.6 Å². The Hall–Kier alpha value is -1.41. The maximum atomic E-state index is 9.71. The van der Waals surface area contributed by atoms with Crippen molar-refractivity contribution >= 4 is 22.4 Å². The fraction of sp³-hybridized carbons (Fsp3) is 0.231. The standard InChI is InChI=1S/C13H13ClO2/c1-2-7-16-13-6-5-12(15)10-4-3-9(14)8-11(10)13/h3-6,8,15H,2,7H2,1H3. The number of phenols is 1. The van der Waals surface area contributed by atoms with Gasteiger partial charge in [-0.2, -0.15) is 0 Å². The number of rotatable bonds is 3. The van der Waals surface area contributed by atoms with Crippen molar-refractivity contribution in [2.45, 2.75) is 13.3 Å². The van der Waals surface area contributed by atoms with Crippen LogP contribution in [0.3, 0.4) is 0 Å². The van der Waals surface area contributed by atoms with Gasteiger partial charge in [0, 0.05) is 15.8 Å². The van der Waals surface area contributed by atoms with Crippen molar-refractivity contribution in [2.24, 2.45) is 0 Å². The highest BCUT2D eigenvalue weighted by atomic mass is 35.5. The van der Waals surface area contributed by atoms with Crippen molar-refractivity contribution in [3.05, 3.63) is 35.4 Å². The average molecular weight is 237 g/mol. The van der Waals surface area contributed by atoms with Gasteiger partial charge in [0.1, 0.15) is 11.5 Å². The number of hydrogen-bond donors (Lipinski definition) is 1. The van der Waals surface area contributed by atoms with Gasteiger partial charge in [-0.25, -0.2) is 0 Å². The van der Waals surface area contributed by atoms with Gasteiger partial charge in [0.2, 0.25) is 0 Å². The number of benzene rings is 2. The molecule has 0 atom stereocenters. The zero-order chi connectivity index (χ0) is 11.5. The molecule has 16 heavy (non-hydrogen) atoms. The summed E-state index contributed by atoms with van der Waals surface area (Å²) in [5.74, 6) is 1.01. The van der Waals surface area contributed by atoms with E-state index in [1.165, 1.54) is 0 Å². The van der Waals surface area contributed by atoms with Crippen LogP contribution in [0.1, 0.15) is 13.3 Å². The Balaban J connectivity index is 2.56. The molecule has 2 rings (SSSR count). The lowest BCUT2D eigenvalue weighted by atomic mass is 10.1. The molecular formula is C13H13ClO2. The van der Waals surface area contributed by atoms with E-state index in [4.69, 9.17) is 16.3 Å².